The number of methoxy groups -OCH3 is 2. The highest BCUT2D eigenvalue weighted by Gasteiger charge is 2.15. The Morgan fingerprint density at radius 2 is 1.81 bits per heavy atom. The molecular weight excluding hydrogens is 344 g/mol. The van der Waals surface area contributed by atoms with Crippen LogP contribution in [-0.4, -0.2) is 30.1 Å². The van der Waals surface area contributed by atoms with E-state index in [0.29, 0.717) is 28.7 Å². The number of fused-ring (bicyclic) bond motifs is 1. The number of nitrogens with two attached hydrogens (primary N) is 1. The summed E-state index contributed by atoms with van der Waals surface area (Å²) in [7, 11) is 3.18. The Labute approximate surface area is 157 Å². The number of carbonyl (C=O) groups excluding carboxylic acids is 1. The number of nitrogens with zero attached hydrogens (tertiary/aromatic N) is 2. The molecule has 0 bridgehead atoms. The van der Waals surface area contributed by atoms with Crippen molar-refractivity contribution in [3.63, 3.8) is 0 Å². The maximum absolute atomic E-state index is 11.4. The van der Waals surface area contributed by atoms with Crippen LogP contribution in [-0.2, 0) is 0 Å². The smallest absolute Gasteiger partial charge is 0.248 e. The molecule has 0 aliphatic heterocycles. The number of aromatic nitrogens is 2. The van der Waals surface area contributed by atoms with Gasteiger partial charge >= 0.3 is 0 Å². The predicted octanol–water partition coefficient (Wildman–Crippen LogP) is 3.23. The summed E-state index contributed by atoms with van der Waals surface area (Å²) in [5.74, 6) is 2.06. The Hall–Kier alpha value is -3.35. The second-order valence-corrected chi connectivity index (χ2v) is 6.20. The maximum Gasteiger partial charge on any atom is 0.248 e. The molecule has 0 radical (unpaired) electrons. The molecule has 0 spiro atoms. The number of primary amides is 1. The Balaban J connectivity index is 2.03. The Kier molecular flexibility index (Phi) is 5.12. The third kappa shape index (κ3) is 3.76. The molecule has 7 heteroatoms. The second kappa shape index (κ2) is 7.49. The molecule has 0 fully saturated rings. The first-order valence-electron chi connectivity index (χ1n) is 8.49. The minimum atomic E-state index is -0.454. The molecule has 0 aliphatic rings. The third-order valence-electron chi connectivity index (χ3n) is 4.34. The molecular formula is C20H22N4O3. The largest absolute Gasteiger partial charge is 0.493 e. The molecule has 1 amide bonds. The summed E-state index contributed by atoms with van der Waals surface area (Å²) in [6.45, 7) is 3.82. The topological polar surface area (TPSA) is 99.4 Å². The molecule has 0 aliphatic carbocycles. The third-order valence-corrected chi connectivity index (χ3v) is 4.34. The van der Waals surface area contributed by atoms with Crippen LogP contribution in [0, 0.1) is 6.92 Å². The van der Waals surface area contributed by atoms with Crippen molar-refractivity contribution in [2.75, 3.05) is 19.5 Å². The van der Waals surface area contributed by atoms with Crippen LogP contribution in [0.25, 0.3) is 10.9 Å². The summed E-state index contributed by atoms with van der Waals surface area (Å²) in [6.07, 6.45) is 0. The predicted molar refractivity (Wildman–Crippen MR) is 104 cm³/mol. The van der Waals surface area contributed by atoms with Crippen LogP contribution >= 0.6 is 0 Å². The van der Waals surface area contributed by atoms with E-state index >= 15 is 0 Å². The zero-order valence-corrected chi connectivity index (χ0v) is 15.7. The van der Waals surface area contributed by atoms with Gasteiger partial charge in [0, 0.05) is 23.1 Å². The van der Waals surface area contributed by atoms with Crippen LogP contribution in [0.15, 0.2) is 36.4 Å². The normalized spacial score (nSPS) is 11.9. The Morgan fingerprint density at radius 1 is 1.11 bits per heavy atom. The van der Waals surface area contributed by atoms with Crippen LogP contribution in [0.3, 0.4) is 0 Å². The summed E-state index contributed by atoms with van der Waals surface area (Å²) >= 11 is 0. The molecule has 7 nitrogen and oxygen atoms in total. The van der Waals surface area contributed by atoms with Crippen molar-refractivity contribution in [2.24, 2.45) is 5.73 Å². The van der Waals surface area contributed by atoms with Crippen LogP contribution in [0.4, 0.5) is 5.82 Å². The van der Waals surface area contributed by atoms with E-state index in [-0.39, 0.29) is 6.04 Å². The standard InChI is InChI=1S/C20H22N4O3/c1-11(13-6-5-7-14(8-13)19(21)25)22-20-15-9-17(26-3)18(27-4)10-16(15)23-12(2)24-20/h5-11H,1-4H3,(H2,21,25)(H,22,23,24). The highest BCUT2D eigenvalue weighted by molar-refractivity contribution is 5.93. The number of amides is 1. The fourth-order valence-corrected chi connectivity index (χ4v) is 2.93. The monoisotopic (exact) mass is 366 g/mol. The first-order valence-corrected chi connectivity index (χ1v) is 8.49. The number of rotatable bonds is 6. The van der Waals surface area contributed by atoms with Crippen molar-refractivity contribution in [1.82, 2.24) is 9.97 Å². The maximum atomic E-state index is 11.4. The zero-order chi connectivity index (χ0) is 19.6. The van der Waals surface area contributed by atoms with Crippen LogP contribution in [0.2, 0.25) is 0 Å². The average Bonchev–Trinajstić information content (AvgIpc) is 2.66. The van der Waals surface area contributed by atoms with E-state index in [2.05, 4.69) is 15.3 Å². The average molecular weight is 366 g/mol. The minimum absolute atomic E-state index is 0.102. The van der Waals surface area contributed by atoms with E-state index < -0.39 is 5.91 Å². The molecule has 0 saturated carbocycles. The minimum Gasteiger partial charge on any atom is -0.493 e. The zero-order valence-electron chi connectivity index (χ0n) is 15.7. The number of benzene rings is 2. The quantitative estimate of drug-likeness (QED) is 0.695. The summed E-state index contributed by atoms with van der Waals surface area (Å²) in [5, 5.41) is 4.21. The molecule has 3 N–H and O–H groups in total. The first kappa shape index (κ1) is 18.4. The lowest BCUT2D eigenvalue weighted by molar-refractivity contribution is 0.1000. The molecule has 3 aromatic rings. The van der Waals surface area contributed by atoms with Crippen LogP contribution < -0.4 is 20.5 Å². The van der Waals surface area contributed by atoms with Crippen molar-refractivity contribution in [3.8, 4) is 11.5 Å². The van der Waals surface area contributed by atoms with Crippen LogP contribution in [0.1, 0.15) is 34.7 Å². The van der Waals surface area contributed by atoms with E-state index in [9.17, 15) is 4.79 Å². The molecule has 1 atom stereocenters. The second-order valence-electron chi connectivity index (χ2n) is 6.20. The molecule has 0 saturated heterocycles. The number of anilines is 1. The lowest BCUT2D eigenvalue weighted by Crippen LogP contribution is -2.13. The van der Waals surface area contributed by atoms with E-state index in [4.69, 9.17) is 15.2 Å². The number of carbonyl (C=O) groups is 1. The van der Waals surface area contributed by atoms with Crippen molar-refractivity contribution >= 4 is 22.6 Å². The summed E-state index contributed by atoms with van der Waals surface area (Å²) in [6, 6.07) is 10.8. The number of nitrogens with one attached hydrogen (secondary N) is 1. The van der Waals surface area contributed by atoms with Gasteiger partial charge in [-0.3, -0.25) is 4.79 Å². The first-order chi connectivity index (χ1) is 12.9. The fourth-order valence-electron chi connectivity index (χ4n) is 2.93. The van der Waals surface area contributed by atoms with E-state index in [1.54, 1.807) is 26.4 Å². The lowest BCUT2D eigenvalue weighted by Gasteiger charge is -2.18. The van der Waals surface area contributed by atoms with Gasteiger partial charge in [0.2, 0.25) is 5.91 Å². The molecule has 2 aromatic carbocycles. The van der Waals surface area contributed by atoms with E-state index in [1.165, 1.54) is 0 Å². The van der Waals surface area contributed by atoms with Crippen molar-refractivity contribution < 1.29 is 14.3 Å². The summed E-state index contributed by atoms with van der Waals surface area (Å²) in [5.41, 5.74) is 7.53. The van der Waals surface area contributed by atoms with Gasteiger partial charge in [0.05, 0.1) is 19.7 Å². The molecule has 1 heterocycles. The molecule has 3 rings (SSSR count). The Morgan fingerprint density at radius 3 is 2.48 bits per heavy atom. The molecule has 27 heavy (non-hydrogen) atoms. The van der Waals surface area contributed by atoms with Gasteiger partial charge in [-0.2, -0.15) is 0 Å². The highest BCUT2D eigenvalue weighted by Crippen LogP contribution is 2.35. The van der Waals surface area contributed by atoms with Crippen molar-refractivity contribution in [1.29, 1.82) is 0 Å². The van der Waals surface area contributed by atoms with Gasteiger partial charge in [0.1, 0.15) is 11.6 Å². The van der Waals surface area contributed by atoms with Gasteiger partial charge in [0.15, 0.2) is 11.5 Å². The SMILES string of the molecule is COc1cc2nc(C)nc(NC(C)c3cccc(C(N)=O)c3)c2cc1OC. The van der Waals surface area contributed by atoms with Crippen molar-refractivity contribution in [3.05, 3.63) is 53.3 Å². The summed E-state index contributed by atoms with van der Waals surface area (Å²) < 4.78 is 10.8. The van der Waals surface area contributed by atoms with Gasteiger partial charge in [0.25, 0.3) is 0 Å². The number of hydrogen-bond donors (Lipinski definition) is 2. The lowest BCUT2D eigenvalue weighted by atomic mass is 10.0. The van der Waals surface area contributed by atoms with Gasteiger partial charge in [-0.1, -0.05) is 12.1 Å². The number of ether oxygens (including phenoxy) is 2. The molecule has 140 valence electrons. The van der Waals surface area contributed by atoms with Gasteiger partial charge in [-0.05, 0) is 37.6 Å². The van der Waals surface area contributed by atoms with Gasteiger partial charge in [-0.25, -0.2) is 9.97 Å². The summed E-state index contributed by atoms with van der Waals surface area (Å²) in [4.78, 5) is 20.5. The molecule has 1 unspecified atom stereocenters. The molecule has 1 aromatic heterocycles. The highest BCUT2D eigenvalue weighted by atomic mass is 16.5. The fraction of sp³-hybridized carbons (Fsp3) is 0.250. The number of aryl methyl sites for hydroxylation is 1. The van der Waals surface area contributed by atoms with Crippen molar-refractivity contribution in [2.45, 2.75) is 19.9 Å². The van der Waals surface area contributed by atoms with Gasteiger partial charge < -0.3 is 20.5 Å². The van der Waals surface area contributed by atoms with E-state index in [1.807, 2.05) is 38.1 Å². The van der Waals surface area contributed by atoms with E-state index in [0.717, 1.165) is 16.5 Å². The number of hydrogen-bond acceptors (Lipinski definition) is 6. The van der Waals surface area contributed by atoms with Gasteiger partial charge in [-0.15, -0.1) is 0 Å². The Bertz CT molecular complexity index is 1000. The van der Waals surface area contributed by atoms with Crippen LogP contribution in [0.5, 0.6) is 11.5 Å².